The second-order valence-corrected chi connectivity index (χ2v) is 5.45. The van der Waals surface area contributed by atoms with Crippen LogP contribution in [0.1, 0.15) is 37.7 Å². The van der Waals surface area contributed by atoms with Crippen LogP contribution in [0.3, 0.4) is 0 Å². The molecule has 0 saturated heterocycles. The first kappa shape index (κ1) is 13.9. The zero-order chi connectivity index (χ0) is 13.7. The fourth-order valence-electron chi connectivity index (χ4n) is 3.11. The standard InChI is InChI=1S/C16H22O3/c1-19-15-8-6-12(7-9-15)10-13-4-2-3-5-14(13)11-16(17)18/h6-9,13-14H,2-5,10-11H2,1H3,(H,17,18). The van der Waals surface area contributed by atoms with E-state index in [2.05, 4.69) is 12.1 Å². The summed E-state index contributed by atoms with van der Waals surface area (Å²) in [4.78, 5) is 10.9. The molecule has 0 heterocycles. The summed E-state index contributed by atoms with van der Waals surface area (Å²) < 4.78 is 5.16. The second kappa shape index (κ2) is 6.60. The number of hydrogen-bond acceptors (Lipinski definition) is 2. The first-order chi connectivity index (χ1) is 9.19. The molecule has 1 fully saturated rings. The minimum absolute atomic E-state index is 0.320. The molecule has 1 aliphatic carbocycles. The second-order valence-electron chi connectivity index (χ2n) is 5.45. The van der Waals surface area contributed by atoms with Crippen molar-refractivity contribution in [3.8, 4) is 5.75 Å². The van der Waals surface area contributed by atoms with Crippen LogP contribution in [0.5, 0.6) is 5.75 Å². The number of aliphatic carboxylic acids is 1. The zero-order valence-corrected chi connectivity index (χ0v) is 11.5. The van der Waals surface area contributed by atoms with Crippen LogP contribution in [0.4, 0.5) is 0 Å². The summed E-state index contributed by atoms with van der Waals surface area (Å²) in [5.74, 6) is 1.06. The maximum atomic E-state index is 10.9. The summed E-state index contributed by atoms with van der Waals surface area (Å²) in [6.07, 6.45) is 5.94. The number of rotatable bonds is 5. The van der Waals surface area contributed by atoms with Crippen molar-refractivity contribution in [3.05, 3.63) is 29.8 Å². The van der Waals surface area contributed by atoms with Crippen molar-refractivity contribution in [2.45, 2.75) is 38.5 Å². The molecule has 0 bridgehead atoms. The quantitative estimate of drug-likeness (QED) is 0.883. The number of ether oxygens (including phenoxy) is 1. The van der Waals surface area contributed by atoms with Crippen molar-refractivity contribution in [1.82, 2.24) is 0 Å². The van der Waals surface area contributed by atoms with Gasteiger partial charge in [0.2, 0.25) is 0 Å². The Hall–Kier alpha value is -1.51. The summed E-state index contributed by atoms with van der Waals surface area (Å²) in [5.41, 5.74) is 1.28. The minimum atomic E-state index is -0.661. The van der Waals surface area contributed by atoms with Gasteiger partial charge in [0, 0.05) is 6.42 Å². The molecule has 1 aromatic rings. The van der Waals surface area contributed by atoms with Crippen LogP contribution < -0.4 is 4.74 Å². The molecule has 1 N–H and O–H groups in total. The van der Waals surface area contributed by atoms with E-state index in [9.17, 15) is 4.79 Å². The molecule has 19 heavy (non-hydrogen) atoms. The molecule has 0 aromatic heterocycles. The molecule has 1 aliphatic rings. The molecule has 1 saturated carbocycles. The summed E-state index contributed by atoms with van der Waals surface area (Å²) in [6, 6.07) is 8.13. The molecule has 2 unspecified atom stereocenters. The predicted octanol–water partition coefficient (Wildman–Crippen LogP) is 3.52. The normalized spacial score (nSPS) is 23.0. The summed E-state index contributed by atoms with van der Waals surface area (Å²) >= 11 is 0. The third-order valence-corrected chi connectivity index (χ3v) is 4.16. The maximum Gasteiger partial charge on any atom is 0.303 e. The van der Waals surface area contributed by atoms with E-state index in [4.69, 9.17) is 9.84 Å². The van der Waals surface area contributed by atoms with Gasteiger partial charge in [-0.3, -0.25) is 4.79 Å². The van der Waals surface area contributed by atoms with Gasteiger partial charge < -0.3 is 9.84 Å². The molecule has 1 aromatic carbocycles. The first-order valence-corrected chi connectivity index (χ1v) is 7.03. The molecule has 0 aliphatic heterocycles. The molecular weight excluding hydrogens is 240 g/mol. The lowest BCUT2D eigenvalue weighted by atomic mass is 9.75. The number of carbonyl (C=O) groups is 1. The number of methoxy groups -OCH3 is 1. The van der Waals surface area contributed by atoms with Gasteiger partial charge in [0.25, 0.3) is 0 Å². The highest BCUT2D eigenvalue weighted by Crippen LogP contribution is 2.34. The molecular formula is C16H22O3. The van der Waals surface area contributed by atoms with Crippen LogP contribution in [-0.4, -0.2) is 18.2 Å². The SMILES string of the molecule is COc1ccc(CC2CCCCC2CC(=O)O)cc1. The van der Waals surface area contributed by atoms with Crippen molar-refractivity contribution in [3.63, 3.8) is 0 Å². The van der Waals surface area contributed by atoms with Crippen LogP contribution >= 0.6 is 0 Å². The maximum absolute atomic E-state index is 10.9. The van der Waals surface area contributed by atoms with Gasteiger partial charge in [-0.25, -0.2) is 0 Å². The zero-order valence-electron chi connectivity index (χ0n) is 11.5. The van der Waals surface area contributed by atoms with Crippen LogP contribution in [0.2, 0.25) is 0 Å². The van der Waals surface area contributed by atoms with Gasteiger partial charge in [0.05, 0.1) is 7.11 Å². The van der Waals surface area contributed by atoms with Crippen molar-refractivity contribution in [2.24, 2.45) is 11.8 Å². The van der Waals surface area contributed by atoms with E-state index in [1.165, 1.54) is 18.4 Å². The molecule has 104 valence electrons. The van der Waals surface area contributed by atoms with Gasteiger partial charge in [-0.15, -0.1) is 0 Å². The predicted molar refractivity (Wildman–Crippen MR) is 74.4 cm³/mol. The average Bonchev–Trinajstić information content (AvgIpc) is 2.41. The van der Waals surface area contributed by atoms with Gasteiger partial charge in [-0.05, 0) is 48.8 Å². The van der Waals surface area contributed by atoms with E-state index >= 15 is 0 Å². The monoisotopic (exact) mass is 262 g/mol. The van der Waals surface area contributed by atoms with E-state index in [1.54, 1.807) is 7.11 Å². The third kappa shape index (κ3) is 3.98. The van der Waals surface area contributed by atoms with Crippen molar-refractivity contribution in [1.29, 1.82) is 0 Å². The Balaban J connectivity index is 1.99. The Bertz CT molecular complexity index is 411. The molecule has 2 atom stereocenters. The molecule has 0 spiro atoms. The molecule has 0 amide bonds. The smallest absolute Gasteiger partial charge is 0.303 e. The lowest BCUT2D eigenvalue weighted by Gasteiger charge is -2.30. The molecule has 2 rings (SSSR count). The highest BCUT2D eigenvalue weighted by molar-refractivity contribution is 5.67. The molecule has 3 nitrogen and oxygen atoms in total. The van der Waals surface area contributed by atoms with E-state index in [1.807, 2.05) is 12.1 Å². The van der Waals surface area contributed by atoms with Crippen molar-refractivity contribution < 1.29 is 14.6 Å². The summed E-state index contributed by atoms with van der Waals surface area (Å²) in [6.45, 7) is 0. The topological polar surface area (TPSA) is 46.5 Å². The van der Waals surface area contributed by atoms with Crippen molar-refractivity contribution in [2.75, 3.05) is 7.11 Å². The van der Waals surface area contributed by atoms with Gasteiger partial charge in [-0.2, -0.15) is 0 Å². The third-order valence-electron chi connectivity index (χ3n) is 4.16. The van der Waals surface area contributed by atoms with Crippen LogP contribution in [0, 0.1) is 11.8 Å². The number of benzene rings is 1. The Morgan fingerprint density at radius 3 is 2.42 bits per heavy atom. The lowest BCUT2D eigenvalue weighted by molar-refractivity contribution is -0.138. The number of carboxylic acids is 1. The fraction of sp³-hybridized carbons (Fsp3) is 0.562. The van der Waals surface area contributed by atoms with E-state index in [0.717, 1.165) is 25.0 Å². The number of carboxylic acid groups (broad SMARTS) is 1. The fourth-order valence-corrected chi connectivity index (χ4v) is 3.11. The highest BCUT2D eigenvalue weighted by atomic mass is 16.5. The van der Waals surface area contributed by atoms with E-state index in [0.29, 0.717) is 18.3 Å². The Morgan fingerprint density at radius 1 is 1.21 bits per heavy atom. The molecule has 0 radical (unpaired) electrons. The number of hydrogen-bond donors (Lipinski definition) is 1. The van der Waals surface area contributed by atoms with E-state index in [-0.39, 0.29) is 0 Å². The Labute approximate surface area is 114 Å². The Morgan fingerprint density at radius 2 is 1.84 bits per heavy atom. The van der Waals surface area contributed by atoms with Gasteiger partial charge in [0.15, 0.2) is 0 Å². The summed E-state index contributed by atoms with van der Waals surface area (Å²) in [5, 5.41) is 9.00. The van der Waals surface area contributed by atoms with Crippen LogP contribution in [0.25, 0.3) is 0 Å². The highest BCUT2D eigenvalue weighted by Gasteiger charge is 2.27. The van der Waals surface area contributed by atoms with Gasteiger partial charge in [0.1, 0.15) is 5.75 Å². The van der Waals surface area contributed by atoms with E-state index < -0.39 is 5.97 Å². The summed E-state index contributed by atoms with van der Waals surface area (Å²) in [7, 11) is 1.67. The minimum Gasteiger partial charge on any atom is -0.497 e. The Kier molecular flexibility index (Phi) is 4.83. The average molecular weight is 262 g/mol. The molecule has 3 heteroatoms. The first-order valence-electron chi connectivity index (χ1n) is 7.03. The van der Waals surface area contributed by atoms with Gasteiger partial charge in [-0.1, -0.05) is 25.0 Å². The van der Waals surface area contributed by atoms with Crippen LogP contribution in [0.15, 0.2) is 24.3 Å². The van der Waals surface area contributed by atoms with Crippen molar-refractivity contribution >= 4 is 5.97 Å². The lowest BCUT2D eigenvalue weighted by Crippen LogP contribution is -2.24. The van der Waals surface area contributed by atoms with Crippen LogP contribution in [-0.2, 0) is 11.2 Å². The van der Waals surface area contributed by atoms with Gasteiger partial charge >= 0.3 is 5.97 Å². The largest absolute Gasteiger partial charge is 0.497 e.